The lowest BCUT2D eigenvalue weighted by Gasteiger charge is -2.48. The molecule has 2 aliphatic rings. The van der Waals surface area contributed by atoms with Crippen molar-refractivity contribution in [1.29, 1.82) is 0 Å². The van der Waals surface area contributed by atoms with E-state index >= 15 is 0 Å². The average Bonchev–Trinajstić information content (AvgIpc) is 3.14. The van der Waals surface area contributed by atoms with E-state index in [1.165, 1.54) is 5.56 Å². The van der Waals surface area contributed by atoms with Crippen LogP contribution in [0.3, 0.4) is 0 Å². The summed E-state index contributed by atoms with van der Waals surface area (Å²) in [4.78, 5) is 23.1. The summed E-state index contributed by atoms with van der Waals surface area (Å²) in [7, 11) is 1.95. The van der Waals surface area contributed by atoms with E-state index < -0.39 is 12.1 Å². The standard InChI is InChI=1S/C15H24N4O.C2HF3O2/c1-3-13-15(7-5-14(20)17-15)6-4-8-19(13)11-12-9-16-18(2)10-12;3-2(4,5)1(6)7/h9-10,13H,3-8,11H2,1-2H3,(H,17,20);(H,6,7)/t13-,15-;/m0./s1. The number of hydrogen-bond donors (Lipinski definition) is 2. The first-order chi connectivity index (χ1) is 12.6. The van der Waals surface area contributed by atoms with E-state index in [1.54, 1.807) is 0 Å². The Bertz CT molecular complexity index is 677. The van der Waals surface area contributed by atoms with Crippen LogP contribution in [-0.4, -0.2) is 56.0 Å². The van der Waals surface area contributed by atoms with Gasteiger partial charge >= 0.3 is 12.1 Å². The molecule has 0 saturated carbocycles. The molecule has 7 nitrogen and oxygen atoms in total. The normalized spacial score (nSPS) is 25.8. The number of carboxylic acid groups (broad SMARTS) is 1. The lowest BCUT2D eigenvalue weighted by atomic mass is 9.78. The lowest BCUT2D eigenvalue weighted by Crippen LogP contribution is -2.61. The zero-order chi connectivity index (χ0) is 20.2. The Morgan fingerprint density at radius 2 is 2.11 bits per heavy atom. The number of carboxylic acids is 1. The molecule has 2 N–H and O–H groups in total. The van der Waals surface area contributed by atoms with E-state index in [0.29, 0.717) is 12.5 Å². The van der Waals surface area contributed by atoms with Crippen LogP contribution in [0.2, 0.25) is 0 Å². The van der Waals surface area contributed by atoms with Gasteiger partial charge < -0.3 is 10.4 Å². The fourth-order valence-corrected chi connectivity index (χ4v) is 4.07. The first-order valence-corrected chi connectivity index (χ1v) is 8.90. The van der Waals surface area contributed by atoms with Crippen molar-refractivity contribution in [3.63, 3.8) is 0 Å². The van der Waals surface area contributed by atoms with Crippen molar-refractivity contribution in [1.82, 2.24) is 20.0 Å². The second kappa shape index (κ2) is 8.28. The molecule has 27 heavy (non-hydrogen) atoms. The third-order valence-corrected chi connectivity index (χ3v) is 5.11. The molecule has 0 unspecified atom stereocenters. The Kier molecular flexibility index (Phi) is 6.50. The molecule has 1 amide bonds. The van der Waals surface area contributed by atoms with Crippen molar-refractivity contribution in [2.45, 2.75) is 63.3 Å². The number of halogens is 3. The molecule has 0 bridgehead atoms. The number of nitrogens with one attached hydrogen (secondary N) is 1. The number of amides is 1. The quantitative estimate of drug-likeness (QED) is 0.825. The Labute approximate surface area is 155 Å². The molecule has 3 heterocycles. The fraction of sp³-hybridized carbons (Fsp3) is 0.706. The molecule has 2 atom stereocenters. The van der Waals surface area contributed by atoms with Gasteiger partial charge in [0.25, 0.3) is 0 Å². The monoisotopic (exact) mass is 390 g/mol. The number of piperidine rings is 1. The maximum absolute atomic E-state index is 11.7. The van der Waals surface area contributed by atoms with E-state index in [1.807, 2.05) is 17.9 Å². The van der Waals surface area contributed by atoms with Gasteiger partial charge in [-0.25, -0.2) is 4.79 Å². The number of likely N-dealkylation sites (tertiary alicyclic amines) is 1. The minimum atomic E-state index is -5.08. The van der Waals surface area contributed by atoms with Crippen LogP contribution < -0.4 is 5.32 Å². The summed E-state index contributed by atoms with van der Waals surface area (Å²) in [6, 6.07) is 0.447. The molecule has 2 aliphatic heterocycles. The summed E-state index contributed by atoms with van der Waals surface area (Å²) in [5.41, 5.74) is 1.28. The molecule has 1 aromatic rings. The highest BCUT2D eigenvalue weighted by Crippen LogP contribution is 2.37. The number of carbonyl (C=O) groups excluding carboxylic acids is 1. The third-order valence-electron chi connectivity index (χ3n) is 5.11. The number of aliphatic carboxylic acids is 1. The molecule has 10 heteroatoms. The minimum Gasteiger partial charge on any atom is -0.475 e. The van der Waals surface area contributed by atoms with Crippen molar-refractivity contribution in [2.24, 2.45) is 7.05 Å². The zero-order valence-corrected chi connectivity index (χ0v) is 15.4. The third kappa shape index (κ3) is 5.21. The molecular weight excluding hydrogens is 365 g/mol. The van der Waals surface area contributed by atoms with Gasteiger partial charge in [0.2, 0.25) is 5.91 Å². The molecule has 1 aromatic heterocycles. The van der Waals surface area contributed by atoms with E-state index in [9.17, 15) is 18.0 Å². The van der Waals surface area contributed by atoms with Gasteiger partial charge in [-0.1, -0.05) is 6.92 Å². The van der Waals surface area contributed by atoms with Crippen molar-refractivity contribution in [3.8, 4) is 0 Å². The molecular formula is C17H25F3N4O3. The first-order valence-electron chi connectivity index (χ1n) is 8.90. The smallest absolute Gasteiger partial charge is 0.475 e. The highest BCUT2D eigenvalue weighted by molar-refractivity contribution is 5.79. The Hall–Kier alpha value is -2.10. The fourth-order valence-electron chi connectivity index (χ4n) is 4.07. The second-order valence-corrected chi connectivity index (χ2v) is 7.03. The number of rotatable bonds is 3. The van der Waals surface area contributed by atoms with Gasteiger partial charge in [-0.3, -0.25) is 14.4 Å². The number of carbonyl (C=O) groups is 2. The van der Waals surface area contributed by atoms with Gasteiger partial charge in [0, 0.05) is 37.8 Å². The predicted octanol–water partition coefficient (Wildman–Crippen LogP) is 2.08. The van der Waals surface area contributed by atoms with Crippen LogP contribution in [0.1, 0.15) is 44.6 Å². The maximum atomic E-state index is 11.7. The number of hydrogen-bond acceptors (Lipinski definition) is 4. The predicted molar refractivity (Wildman–Crippen MR) is 90.7 cm³/mol. The summed E-state index contributed by atoms with van der Waals surface area (Å²) in [6.07, 6.45) is 4.01. The van der Waals surface area contributed by atoms with E-state index in [4.69, 9.17) is 9.90 Å². The number of aromatic nitrogens is 2. The van der Waals surface area contributed by atoms with Crippen molar-refractivity contribution >= 4 is 11.9 Å². The van der Waals surface area contributed by atoms with Crippen LogP contribution in [0, 0.1) is 0 Å². The van der Waals surface area contributed by atoms with Gasteiger partial charge in [0.15, 0.2) is 0 Å². The van der Waals surface area contributed by atoms with Crippen LogP contribution in [0.25, 0.3) is 0 Å². The summed E-state index contributed by atoms with van der Waals surface area (Å²) in [5.74, 6) is -2.53. The van der Waals surface area contributed by atoms with Crippen LogP contribution in [0.4, 0.5) is 13.2 Å². The largest absolute Gasteiger partial charge is 0.490 e. The van der Waals surface area contributed by atoms with Crippen molar-refractivity contribution < 1.29 is 27.9 Å². The SMILES string of the molecule is CC[C@@H]1N(Cc2cnn(C)c2)CCC[C@]12CCC(=O)N2.O=C(O)C(F)(F)F. The molecule has 152 valence electrons. The van der Waals surface area contributed by atoms with Gasteiger partial charge in [0.05, 0.1) is 11.7 Å². The van der Waals surface area contributed by atoms with Crippen LogP contribution >= 0.6 is 0 Å². The summed E-state index contributed by atoms with van der Waals surface area (Å²) in [6.45, 7) is 4.29. The summed E-state index contributed by atoms with van der Waals surface area (Å²) in [5, 5.41) is 14.7. The number of aryl methyl sites for hydroxylation is 1. The average molecular weight is 390 g/mol. The van der Waals surface area contributed by atoms with Crippen molar-refractivity contribution in [3.05, 3.63) is 18.0 Å². The number of alkyl halides is 3. The van der Waals surface area contributed by atoms with Crippen LogP contribution in [0.5, 0.6) is 0 Å². The minimum absolute atomic E-state index is 0.0201. The van der Waals surface area contributed by atoms with Crippen LogP contribution in [0.15, 0.2) is 12.4 Å². The maximum Gasteiger partial charge on any atom is 0.490 e. The highest BCUT2D eigenvalue weighted by Gasteiger charge is 2.47. The number of nitrogens with zero attached hydrogens (tertiary/aromatic N) is 3. The van der Waals surface area contributed by atoms with Crippen molar-refractivity contribution in [2.75, 3.05) is 6.54 Å². The molecule has 3 rings (SSSR count). The Morgan fingerprint density at radius 3 is 2.56 bits per heavy atom. The second-order valence-electron chi connectivity index (χ2n) is 7.03. The molecule has 2 fully saturated rings. The molecule has 0 radical (unpaired) electrons. The van der Waals surface area contributed by atoms with E-state index in [0.717, 1.165) is 38.8 Å². The summed E-state index contributed by atoms with van der Waals surface area (Å²) < 4.78 is 33.6. The van der Waals surface area contributed by atoms with Gasteiger partial charge in [0.1, 0.15) is 0 Å². The van der Waals surface area contributed by atoms with Gasteiger partial charge in [-0.2, -0.15) is 18.3 Å². The lowest BCUT2D eigenvalue weighted by molar-refractivity contribution is -0.192. The van der Waals surface area contributed by atoms with E-state index in [2.05, 4.69) is 28.4 Å². The van der Waals surface area contributed by atoms with Crippen LogP contribution in [-0.2, 0) is 23.2 Å². The summed E-state index contributed by atoms with van der Waals surface area (Å²) >= 11 is 0. The zero-order valence-electron chi connectivity index (χ0n) is 15.4. The Balaban J connectivity index is 0.000000321. The molecule has 0 aliphatic carbocycles. The molecule has 1 spiro atoms. The highest BCUT2D eigenvalue weighted by atomic mass is 19.4. The Morgan fingerprint density at radius 1 is 1.44 bits per heavy atom. The topological polar surface area (TPSA) is 87.5 Å². The van der Waals surface area contributed by atoms with Gasteiger partial charge in [-0.05, 0) is 32.2 Å². The van der Waals surface area contributed by atoms with E-state index in [-0.39, 0.29) is 11.4 Å². The molecule has 0 aromatic carbocycles. The van der Waals surface area contributed by atoms with Gasteiger partial charge in [-0.15, -0.1) is 0 Å². The first kappa shape index (κ1) is 21.2. The molecule has 2 saturated heterocycles.